The van der Waals surface area contributed by atoms with Crippen molar-refractivity contribution in [1.82, 2.24) is 0 Å². The van der Waals surface area contributed by atoms with Gasteiger partial charge in [0.1, 0.15) is 0 Å². The summed E-state index contributed by atoms with van der Waals surface area (Å²) in [5.41, 5.74) is 2.44. The number of fused-ring (bicyclic) bond motifs is 5. The average Bonchev–Trinajstić information content (AvgIpc) is 3.30. The van der Waals surface area contributed by atoms with Crippen LogP contribution in [0.4, 0.5) is 17.1 Å². The van der Waals surface area contributed by atoms with Crippen LogP contribution in [0.25, 0.3) is 0 Å². The van der Waals surface area contributed by atoms with Crippen molar-refractivity contribution in [2.45, 2.75) is 25.0 Å². The number of nitrogens with zero attached hydrogens (tertiary/aromatic N) is 1. The molecule has 3 aliphatic rings. The Balaban J connectivity index is 1.45. The van der Waals surface area contributed by atoms with Gasteiger partial charge in [0.05, 0.1) is 29.7 Å². The van der Waals surface area contributed by atoms with E-state index in [9.17, 15) is 9.59 Å². The van der Waals surface area contributed by atoms with E-state index in [1.807, 2.05) is 54.6 Å². The van der Waals surface area contributed by atoms with Gasteiger partial charge >= 0.3 is 0 Å². The maximum atomic E-state index is 12.9. The van der Waals surface area contributed by atoms with E-state index in [0.717, 1.165) is 24.2 Å². The van der Waals surface area contributed by atoms with E-state index in [1.165, 1.54) is 4.90 Å². The number of carbonyl (C=O) groups excluding carboxylic acids is 2. The number of benzene rings is 2. The van der Waals surface area contributed by atoms with Gasteiger partial charge < -0.3 is 10.1 Å². The largest absolute Gasteiger partial charge is 0.373 e. The molecule has 2 aromatic carbocycles. The Morgan fingerprint density at radius 2 is 1.48 bits per heavy atom. The summed E-state index contributed by atoms with van der Waals surface area (Å²) in [5, 5.41) is 3.30. The van der Waals surface area contributed by atoms with Crippen LogP contribution in [0.1, 0.15) is 12.8 Å². The van der Waals surface area contributed by atoms with Crippen molar-refractivity contribution in [3.05, 3.63) is 54.6 Å². The monoisotopic (exact) mass is 334 g/mol. The van der Waals surface area contributed by atoms with Crippen molar-refractivity contribution < 1.29 is 14.3 Å². The smallest absolute Gasteiger partial charge is 0.240 e. The van der Waals surface area contributed by atoms with Crippen molar-refractivity contribution >= 4 is 28.9 Å². The number of hydrogen-bond donors (Lipinski definition) is 1. The second-order valence-electron chi connectivity index (χ2n) is 6.90. The van der Waals surface area contributed by atoms with Crippen LogP contribution in [0, 0.1) is 11.8 Å². The second kappa shape index (κ2) is 5.43. The highest BCUT2D eigenvalue weighted by Gasteiger charge is 2.62. The average molecular weight is 334 g/mol. The van der Waals surface area contributed by atoms with Crippen molar-refractivity contribution in [2.24, 2.45) is 11.8 Å². The highest BCUT2D eigenvalue weighted by Crippen LogP contribution is 2.49. The van der Waals surface area contributed by atoms with E-state index in [0.29, 0.717) is 5.69 Å². The lowest BCUT2D eigenvalue weighted by Gasteiger charge is -2.18. The van der Waals surface area contributed by atoms with Gasteiger partial charge in [-0.15, -0.1) is 0 Å². The number of nitrogens with one attached hydrogen (secondary N) is 1. The van der Waals surface area contributed by atoms with E-state index >= 15 is 0 Å². The van der Waals surface area contributed by atoms with Gasteiger partial charge in [-0.25, -0.2) is 4.90 Å². The molecule has 0 spiro atoms. The summed E-state index contributed by atoms with van der Waals surface area (Å²) in [6.45, 7) is 0. The number of hydrogen-bond acceptors (Lipinski definition) is 4. The first-order valence-electron chi connectivity index (χ1n) is 8.68. The van der Waals surface area contributed by atoms with Crippen molar-refractivity contribution in [3.8, 4) is 0 Å². The Labute approximate surface area is 145 Å². The number of amides is 2. The van der Waals surface area contributed by atoms with Gasteiger partial charge in [-0.2, -0.15) is 0 Å². The Kier molecular flexibility index (Phi) is 3.18. The molecule has 3 heterocycles. The van der Waals surface area contributed by atoms with Crippen LogP contribution in [0.15, 0.2) is 54.6 Å². The summed E-state index contributed by atoms with van der Waals surface area (Å²) in [6.07, 6.45) is 1.60. The maximum absolute atomic E-state index is 12.9. The molecule has 1 N–H and O–H groups in total. The summed E-state index contributed by atoms with van der Waals surface area (Å²) >= 11 is 0. The maximum Gasteiger partial charge on any atom is 0.240 e. The molecule has 3 aliphatic heterocycles. The summed E-state index contributed by atoms with van der Waals surface area (Å²) in [6, 6.07) is 17.3. The number of anilines is 3. The number of rotatable bonds is 3. The minimum Gasteiger partial charge on any atom is -0.373 e. The first kappa shape index (κ1) is 14.7. The van der Waals surface area contributed by atoms with Gasteiger partial charge in [0.25, 0.3) is 0 Å². The number of para-hydroxylation sites is 1. The first-order chi connectivity index (χ1) is 12.2. The summed E-state index contributed by atoms with van der Waals surface area (Å²) in [5.74, 6) is -0.813. The minimum absolute atomic E-state index is 0.0814. The molecule has 0 aromatic heterocycles. The zero-order valence-electron chi connectivity index (χ0n) is 13.6. The van der Waals surface area contributed by atoms with Gasteiger partial charge in [0.15, 0.2) is 0 Å². The molecule has 4 atom stereocenters. The normalized spacial score (nSPS) is 30.0. The topological polar surface area (TPSA) is 58.6 Å². The first-order valence-corrected chi connectivity index (χ1v) is 8.68. The number of carbonyl (C=O) groups is 2. The zero-order chi connectivity index (χ0) is 17.0. The number of ether oxygens (including phenoxy) is 1. The Bertz CT molecular complexity index is 823. The van der Waals surface area contributed by atoms with Crippen molar-refractivity contribution in [1.29, 1.82) is 0 Å². The molecule has 2 amide bonds. The molecule has 2 aromatic rings. The fourth-order valence-corrected chi connectivity index (χ4v) is 4.38. The molecule has 5 nitrogen and oxygen atoms in total. The van der Waals surface area contributed by atoms with Crippen LogP contribution < -0.4 is 10.2 Å². The van der Waals surface area contributed by atoms with Crippen molar-refractivity contribution in [2.75, 3.05) is 10.2 Å². The van der Waals surface area contributed by atoms with Crippen LogP contribution >= 0.6 is 0 Å². The van der Waals surface area contributed by atoms with Gasteiger partial charge in [-0.1, -0.05) is 24.3 Å². The standard InChI is InChI=1S/C20H18N2O3/c23-19-17-15-9-10-16(25-15)18(17)20(24)22(19)14-8-4-7-13(11-14)21-12-5-2-1-3-6-12/h1-8,11,15-18,21H,9-10H2/t15-,16-,17-,18+/m0/s1. The fourth-order valence-electron chi connectivity index (χ4n) is 4.38. The van der Waals surface area contributed by atoms with E-state index < -0.39 is 0 Å². The van der Waals surface area contributed by atoms with E-state index in [4.69, 9.17) is 4.74 Å². The van der Waals surface area contributed by atoms with Crippen LogP contribution in [0.5, 0.6) is 0 Å². The molecule has 0 aliphatic carbocycles. The predicted molar refractivity (Wildman–Crippen MR) is 93.5 cm³/mol. The molecule has 5 rings (SSSR count). The van der Waals surface area contributed by atoms with Crippen LogP contribution in [0.2, 0.25) is 0 Å². The lowest BCUT2D eigenvalue weighted by atomic mass is 9.81. The van der Waals surface area contributed by atoms with Gasteiger partial charge in [0, 0.05) is 11.4 Å². The molecule has 2 bridgehead atoms. The lowest BCUT2D eigenvalue weighted by Crippen LogP contribution is -2.34. The van der Waals surface area contributed by atoms with Gasteiger partial charge in [-0.05, 0) is 43.2 Å². The second-order valence-corrected chi connectivity index (χ2v) is 6.90. The van der Waals surface area contributed by atoms with E-state index in [-0.39, 0.29) is 35.9 Å². The Morgan fingerprint density at radius 3 is 2.16 bits per heavy atom. The summed E-state index contributed by atoms with van der Waals surface area (Å²) < 4.78 is 5.79. The molecule has 3 fully saturated rings. The van der Waals surface area contributed by atoms with E-state index in [2.05, 4.69) is 5.32 Å². The van der Waals surface area contributed by atoms with E-state index in [1.54, 1.807) is 0 Å². The minimum atomic E-state index is -0.294. The predicted octanol–water partition coefficient (Wildman–Crippen LogP) is 3.10. The molecule has 25 heavy (non-hydrogen) atoms. The van der Waals surface area contributed by atoms with Gasteiger partial charge in [-0.3, -0.25) is 9.59 Å². The molecular formula is C20H18N2O3. The molecule has 5 heteroatoms. The zero-order valence-corrected chi connectivity index (χ0v) is 13.6. The lowest BCUT2D eigenvalue weighted by molar-refractivity contribution is -0.124. The van der Waals surface area contributed by atoms with Gasteiger partial charge in [0.2, 0.25) is 11.8 Å². The third kappa shape index (κ3) is 2.19. The van der Waals surface area contributed by atoms with Crippen molar-refractivity contribution in [3.63, 3.8) is 0 Å². The summed E-state index contributed by atoms with van der Waals surface area (Å²) in [4.78, 5) is 27.1. The SMILES string of the molecule is O=C1[C@@H]2[C@H](C(=O)N1c1cccc(Nc3ccccc3)c1)[C@@H]1CC[C@@H]2O1. The third-order valence-corrected chi connectivity index (χ3v) is 5.45. The molecule has 0 radical (unpaired) electrons. The van der Waals surface area contributed by atoms with Crippen LogP contribution in [-0.2, 0) is 14.3 Å². The summed E-state index contributed by atoms with van der Waals surface area (Å²) in [7, 11) is 0. The molecule has 0 saturated carbocycles. The Hall–Kier alpha value is -2.66. The quantitative estimate of drug-likeness (QED) is 0.876. The van der Waals surface area contributed by atoms with Crippen LogP contribution in [-0.4, -0.2) is 24.0 Å². The Morgan fingerprint density at radius 1 is 0.840 bits per heavy atom. The van der Waals surface area contributed by atoms with Crippen LogP contribution in [0.3, 0.4) is 0 Å². The molecule has 126 valence electrons. The molecular weight excluding hydrogens is 316 g/mol. The third-order valence-electron chi connectivity index (χ3n) is 5.45. The number of imide groups is 1. The highest BCUT2D eigenvalue weighted by molar-refractivity contribution is 6.23. The molecule has 3 saturated heterocycles. The molecule has 0 unspecified atom stereocenters. The fraction of sp³-hybridized carbons (Fsp3) is 0.300. The highest BCUT2D eigenvalue weighted by atomic mass is 16.5.